The second-order valence-corrected chi connectivity index (χ2v) is 5.92. The van der Waals surface area contributed by atoms with Gasteiger partial charge < -0.3 is 14.8 Å². The van der Waals surface area contributed by atoms with Gasteiger partial charge in [0.25, 0.3) is 0 Å². The van der Waals surface area contributed by atoms with Crippen molar-refractivity contribution in [3.05, 3.63) is 78.3 Å². The van der Waals surface area contributed by atoms with Gasteiger partial charge in [-0.1, -0.05) is 12.1 Å². The van der Waals surface area contributed by atoms with Gasteiger partial charge in [0.1, 0.15) is 0 Å². The fourth-order valence-corrected chi connectivity index (χ4v) is 2.77. The number of rotatable bonds is 5. The second kappa shape index (κ2) is 7.70. The highest BCUT2D eigenvalue weighted by molar-refractivity contribution is 5.91. The third-order valence-corrected chi connectivity index (χ3v) is 4.10. The number of pyridine rings is 2. The normalized spacial score (nSPS) is 12.3. The maximum Gasteiger partial charge on any atom is 0.244 e. The quantitative estimate of drug-likeness (QED) is 0.708. The number of amides is 1. The summed E-state index contributed by atoms with van der Waals surface area (Å²) in [4.78, 5) is 20.7. The number of fused-ring (bicyclic) bond motifs is 1. The van der Waals surface area contributed by atoms with Crippen LogP contribution in [-0.4, -0.2) is 22.7 Å². The number of carbonyl (C=O) groups excluding carboxylic acids is 1. The molecule has 1 N–H and O–H groups in total. The van der Waals surface area contributed by atoms with Crippen molar-refractivity contribution in [1.29, 1.82) is 0 Å². The van der Waals surface area contributed by atoms with Crippen LogP contribution in [0.5, 0.6) is 11.5 Å². The summed E-state index contributed by atoms with van der Waals surface area (Å²) in [5.41, 5.74) is 3.52. The van der Waals surface area contributed by atoms with E-state index >= 15 is 0 Å². The third kappa shape index (κ3) is 3.95. The first kappa shape index (κ1) is 16.8. The lowest BCUT2D eigenvalue weighted by molar-refractivity contribution is -0.116. The molecule has 0 bridgehead atoms. The Hall–Kier alpha value is -3.67. The molecule has 0 atom stereocenters. The van der Waals surface area contributed by atoms with Gasteiger partial charge in [-0.25, -0.2) is 0 Å². The van der Waals surface area contributed by atoms with Crippen molar-refractivity contribution in [2.75, 3.05) is 6.79 Å². The maximum absolute atomic E-state index is 12.2. The Morgan fingerprint density at radius 1 is 1.11 bits per heavy atom. The summed E-state index contributed by atoms with van der Waals surface area (Å²) in [6, 6.07) is 13.1. The molecule has 0 unspecified atom stereocenters. The van der Waals surface area contributed by atoms with E-state index in [1.54, 1.807) is 24.7 Å². The van der Waals surface area contributed by atoms with Crippen molar-refractivity contribution in [1.82, 2.24) is 15.3 Å². The zero-order chi connectivity index (χ0) is 18.5. The summed E-state index contributed by atoms with van der Waals surface area (Å²) in [6.07, 6.45) is 8.44. The molecule has 4 rings (SSSR count). The van der Waals surface area contributed by atoms with E-state index in [0.29, 0.717) is 12.3 Å². The number of hydrogen-bond donors (Lipinski definition) is 1. The van der Waals surface area contributed by atoms with Gasteiger partial charge in [-0.2, -0.15) is 0 Å². The molecule has 0 saturated carbocycles. The van der Waals surface area contributed by atoms with Crippen LogP contribution in [0.25, 0.3) is 17.3 Å². The zero-order valence-corrected chi connectivity index (χ0v) is 14.5. The highest BCUT2D eigenvalue weighted by atomic mass is 16.7. The van der Waals surface area contributed by atoms with Gasteiger partial charge in [0.15, 0.2) is 11.5 Å². The lowest BCUT2D eigenvalue weighted by Gasteiger charge is -2.08. The number of aromatic nitrogens is 2. The highest BCUT2D eigenvalue weighted by Gasteiger charge is 2.12. The Balaban J connectivity index is 1.41. The number of nitrogens with zero attached hydrogens (tertiary/aromatic N) is 2. The van der Waals surface area contributed by atoms with Crippen molar-refractivity contribution in [3.63, 3.8) is 0 Å². The smallest absolute Gasteiger partial charge is 0.244 e. The predicted octanol–water partition coefficient (Wildman–Crippen LogP) is 3.20. The van der Waals surface area contributed by atoms with Crippen molar-refractivity contribution in [3.8, 4) is 22.8 Å². The Kier molecular flexibility index (Phi) is 4.78. The molecule has 1 aromatic carbocycles. The van der Waals surface area contributed by atoms with E-state index in [4.69, 9.17) is 9.47 Å². The average Bonchev–Trinajstić information content (AvgIpc) is 3.19. The molecule has 0 saturated heterocycles. The van der Waals surface area contributed by atoms with Crippen LogP contribution in [0.3, 0.4) is 0 Å². The molecule has 0 fully saturated rings. The molecule has 0 spiro atoms. The van der Waals surface area contributed by atoms with Crippen LogP contribution < -0.4 is 14.8 Å². The molecule has 6 nitrogen and oxygen atoms in total. The maximum atomic E-state index is 12.2. The van der Waals surface area contributed by atoms with E-state index in [0.717, 1.165) is 28.1 Å². The van der Waals surface area contributed by atoms with E-state index in [1.165, 1.54) is 6.08 Å². The Morgan fingerprint density at radius 3 is 2.89 bits per heavy atom. The predicted molar refractivity (Wildman–Crippen MR) is 101 cm³/mol. The first-order chi connectivity index (χ1) is 13.3. The van der Waals surface area contributed by atoms with E-state index in [1.807, 2.05) is 42.5 Å². The molecule has 0 aliphatic carbocycles. The monoisotopic (exact) mass is 359 g/mol. The topological polar surface area (TPSA) is 73.3 Å². The molecule has 3 aromatic rings. The molecular formula is C21H17N3O3. The first-order valence-corrected chi connectivity index (χ1v) is 8.49. The number of carbonyl (C=O) groups is 1. The van der Waals surface area contributed by atoms with Gasteiger partial charge in [-0.15, -0.1) is 0 Å². The molecule has 0 radical (unpaired) electrons. The summed E-state index contributed by atoms with van der Waals surface area (Å²) in [6.45, 7) is 0.607. The van der Waals surface area contributed by atoms with Crippen LogP contribution in [0.4, 0.5) is 0 Å². The molecule has 2 aromatic heterocycles. The van der Waals surface area contributed by atoms with Crippen molar-refractivity contribution in [2.45, 2.75) is 6.54 Å². The van der Waals surface area contributed by atoms with Gasteiger partial charge >= 0.3 is 0 Å². The zero-order valence-electron chi connectivity index (χ0n) is 14.5. The Bertz CT molecular complexity index is 987. The van der Waals surface area contributed by atoms with E-state index in [2.05, 4.69) is 15.3 Å². The molecule has 3 heterocycles. The molecule has 1 aliphatic rings. The summed E-state index contributed by atoms with van der Waals surface area (Å²) in [5, 5.41) is 2.89. The van der Waals surface area contributed by atoms with Crippen molar-refractivity contribution < 1.29 is 14.3 Å². The first-order valence-electron chi connectivity index (χ1n) is 8.49. The second-order valence-electron chi connectivity index (χ2n) is 5.92. The SMILES string of the molecule is O=C(/C=C/c1ccc2c(c1)OCO2)NCc1cccnc1-c1cccnc1. The molecule has 6 heteroatoms. The average molecular weight is 359 g/mol. The fourth-order valence-electron chi connectivity index (χ4n) is 2.77. The minimum atomic E-state index is -0.186. The third-order valence-electron chi connectivity index (χ3n) is 4.10. The van der Waals surface area contributed by atoms with Gasteiger partial charge in [-0.3, -0.25) is 14.8 Å². The Labute approximate surface area is 156 Å². The van der Waals surface area contributed by atoms with Crippen LogP contribution in [0.1, 0.15) is 11.1 Å². The summed E-state index contributed by atoms with van der Waals surface area (Å²) >= 11 is 0. The van der Waals surface area contributed by atoms with Crippen LogP contribution in [-0.2, 0) is 11.3 Å². The fraction of sp³-hybridized carbons (Fsp3) is 0.0952. The number of benzene rings is 1. The summed E-state index contributed by atoms with van der Waals surface area (Å²) in [7, 11) is 0. The van der Waals surface area contributed by atoms with Gasteiger partial charge in [-0.05, 0) is 47.5 Å². The van der Waals surface area contributed by atoms with E-state index in [9.17, 15) is 4.79 Å². The van der Waals surface area contributed by atoms with Crippen molar-refractivity contribution in [2.24, 2.45) is 0 Å². The largest absolute Gasteiger partial charge is 0.454 e. The molecule has 134 valence electrons. The standard InChI is InChI=1S/C21H17N3O3/c25-20(8-6-15-5-7-18-19(11-15)27-14-26-18)24-13-17-4-2-10-23-21(17)16-3-1-9-22-12-16/h1-12H,13-14H2,(H,24,25)/b8-6+. The van der Waals surface area contributed by atoms with E-state index in [-0.39, 0.29) is 12.7 Å². The molecule has 1 amide bonds. The summed E-state index contributed by atoms with van der Waals surface area (Å²) in [5.74, 6) is 1.22. The van der Waals surface area contributed by atoms with Crippen LogP contribution in [0.2, 0.25) is 0 Å². The minimum Gasteiger partial charge on any atom is -0.454 e. The Morgan fingerprint density at radius 2 is 2.00 bits per heavy atom. The minimum absolute atomic E-state index is 0.186. The number of nitrogens with one attached hydrogen (secondary N) is 1. The van der Waals surface area contributed by atoms with Gasteiger partial charge in [0.05, 0.1) is 5.69 Å². The van der Waals surface area contributed by atoms with Crippen molar-refractivity contribution >= 4 is 12.0 Å². The highest BCUT2D eigenvalue weighted by Crippen LogP contribution is 2.32. The van der Waals surface area contributed by atoms with E-state index < -0.39 is 0 Å². The summed E-state index contributed by atoms with van der Waals surface area (Å²) < 4.78 is 10.6. The van der Waals surface area contributed by atoms with Crippen LogP contribution >= 0.6 is 0 Å². The number of hydrogen-bond acceptors (Lipinski definition) is 5. The van der Waals surface area contributed by atoms with Crippen LogP contribution in [0, 0.1) is 0 Å². The lowest BCUT2D eigenvalue weighted by Crippen LogP contribution is -2.20. The number of ether oxygens (including phenoxy) is 2. The molecule has 1 aliphatic heterocycles. The molecular weight excluding hydrogens is 342 g/mol. The van der Waals surface area contributed by atoms with Crippen LogP contribution in [0.15, 0.2) is 67.1 Å². The molecule has 27 heavy (non-hydrogen) atoms. The van der Waals surface area contributed by atoms with Gasteiger partial charge in [0.2, 0.25) is 12.7 Å². The lowest BCUT2D eigenvalue weighted by atomic mass is 10.1. The van der Waals surface area contributed by atoms with Gasteiger partial charge in [0, 0.05) is 36.8 Å².